The molecule has 0 N–H and O–H groups in total. The number of nitrogens with zero attached hydrogens (tertiary/aromatic N) is 3. The van der Waals surface area contributed by atoms with Crippen LogP contribution < -0.4 is 0 Å². The second-order valence-electron chi connectivity index (χ2n) is 5.82. The Labute approximate surface area is 163 Å². The van der Waals surface area contributed by atoms with E-state index in [0.29, 0.717) is 10.8 Å². The number of carbonyl (C=O) groups is 1. The lowest BCUT2D eigenvalue weighted by Gasteiger charge is -2.04. The zero-order valence-corrected chi connectivity index (χ0v) is 16.7. The highest BCUT2D eigenvalue weighted by Crippen LogP contribution is 2.36. The second kappa shape index (κ2) is 7.26. The summed E-state index contributed by atoms with van der Waals surface area (Å²) in [6.45, 7) is 3.99. The van der Waals surface area contributed by atoms with E-state index in [2.05, 4.69) is 15.2 Å². The van der Waals surface area contributed by atoms with Gasteiger partial charge in [0.25, 0.3) is 0 Å². The van der Waals surface area contributed by atoms with E-state index < -0.39 is 0 Å². The molecule has 26 heavy (non-hydrogen) atoms. The molecule has 0 aliphatic rings. The number of fused-ring (bicyclic) bond motifs is 1. The van der Waals surface area contributed by atoms with Crippen LogP contribution >= 0.6 is 34.4 Å². The number of thiazole rings is 1. The van der Waals surface area contributed by atoms with Crippen LogP contribution in [0.5, 0.6) is 0 Å². The minimum atomic E-state index is 0.0826. The molecular weight excluding hydrogens is 382 g/mol. The molecule has 7 heteroatoms. The molecule has 0 unspecified atom stereocenters. The number of rotatable bonds is 5. The number of hydrogen-bond donors (Lipinski definition) is 0. The SMILES string of the molecule is Cc1ccc(C(=O)CSc2nnc(-c3cccs3)c3sc(C)nc23)cc1. The maximum absolute atomic E-state index is 12.4. The molecule has 4 rings (SSSR count). The summed E-state index contributed by atoms with van der Waals surface area (Å²) in [6, 6.07) is 11.7. The zero-order chi connectivity index (χ0) is 18.1. The smallest absolute Gasteiger partial charge is 0.173 e. The lowest BCUT2D eigenvalue weighted by atomic mass is 10.1. The molecule has 0 bridgehead atoms. The Bertz CT molecular complexity index is 1070. The molecule has 0 aliphatic heterocycles. The lowest BCUT2D eigenvalue weighted by molar-refractivity contribution is 0.102. The topological polar surface area (TPSA) is 55.7 Å². The van der Waals surface area contributed by atoms with Crippen LogP contribution in [0, 0.1) is 13.8 Å². The van der Waals surface area contributed by atoms with Crippen LogP contribution in [0.15, 0.2) is 46.8 Å². The minimum Gasteiger partial charge on any atom is -0.293 e. The fraction of sp³-hybridized carbons (Fsp3) is 0.158. The molecule has 0 saturated heterocycles. The summed E-state index contributed by atoms with van der Waals surface area (Å²) < 4.78 is 1.03. The van der Waals surface area contributed by atoms with E-state index in [4.69, 9.17) is 0 Å². The van der Waals surface area contributed by atoms with Gasteiger partial charge < -0.3 is 0 Å². The summed E-state index contributed by atoms with van der Waals surface area (Å²) in [5, 5.41) is 12.5. The van der Waals surface area contributed by atoms with Gasteiger partial charge in [0.15, 0.2) is 5.78 Å². The summed E-state index contributed by atoms with van der Waals surface area (Å²) in [7, 11) is 0. The van der Waals surface area contributed by atoms with Crippen molar-refractivity contribution >= 4 is 50.4 Å². The summed E-state index contributed by atoms with van der Waals surface area (Å²) >= 11 is 4.66. The molecule has 0 fully saturated rings. The average Bonchev–Trinajstić information content (AvgIpc) is 3.29. The summed E-state index contributed by atoms with van der Waals surface area (Å²) in [5.41, 5.74) is 3.57. The highest BCUT2D eigenvalue weighted by molar-refractivity contribution is 8.00. The summed E-state index contributed by atoms with van der Waals surface area (Å²) in [5.74, 6) is 0.404. The number of carbonyl (C=O) groups excluding carboxylic acids is 1. The van der Waals surface area contributed by atoms with Gasteiger partial charge in [-0.3, -0.25) is 4.79 Å². The van der Waals surface area contributed by atoms with Crippen molar-refractivity contribution in [2.45, 2.75) is 18.9 Å². The van der Waals surface area contributed by atoms with E-state index >= 15 is 0 Å². The largest absolute Gasteiger partial charge is 0.293 e. The number of Topliss-reactive ketones (excluding diaryl/α,β-unsaturated/α-hetero) is 1. The third kappa shape index (κ3) is 3.42. The number of benzene rings is 1. The van der Waals surface area contributed by atoms with Crippen molar-refractivity contribution in [3.05, 3.63) is 57.9 Å². The van der Waals surface area contributed by atoms with Gasteiger partial charge in [-0.05, 0) is 25.3 Å². The third-order valence-electron chi connectivity index (χ3n) is 3.86. The van der Waals surface area contributed by atoms with Crippen molar-refractivity contribution in [3.8, 4) is 10.6 Å². The van der Waals surface area contributed by atoms with Crippen LogP contribution in [0.4, 0.5) is 0 Å². The van der Waals surface area contributed by atoms with Crippen LogP contribution in [0.3, 0.4) is 0 Å². The first-order chi connectivity index (χ1) is 12.6. The Hall–Kier alpha value is -2.09. The second-order valence-corrected chi connectivity index (χ2v) is 8.93. The molecule has 0 radical (unpaired) electrons. The van der Waals surface area contributed by atoms with Gasteiger partial charge in [-0.2, -0.15) is 0 Å². The van der Waals surface area contributed by atoms with Gasteiger partial charge in [-0.15, -0.1) is 32.9 Å². The average molecular weight is 398 g/mol. The number of hydrogen-bond acceptors (Lipinski definition) is 7. The van der Waals surface area contributed by atoms with Crippen molar-refractivity contribution in [1.29, 1.82) is 0 Å². The van der Waals surface area contributed by atoms with E-state index in [0.717, 1.165) is 36.9 Å². The summed E-state index contributed by atoms with van der Waals surface area (Å²) in [4.78, 5) is 18.2. The van der Waals surface area contributed by atoms with Crippen molar-refractivity contribution < 1.29 is 4.79 Å². The standard InChI is InChI=1S/C19H15N3OS3/c1-11-5-7-13(8-6-11)14(23)10-25-19-17-18(26-12(2)20-17)16(21-22-19)15-4-3-9-24-15/h3-9H,10H2,1-2H3. The number of ketones is 1. The van der Waals surface area contributed by atoms with Gasteiger partial charge >= 0.3 is 0 Å². The number of aryl methyl sites for hydroxylation is 2. The Balaban J connectivity index is 1.62. The van der Waals surface area contributed by atoms with E-state index in [1.54, 1.807) is 22.7 Å². The molecule has 3 aromatic heterocycles. The molecule has 1 aromatic carbocycles. The molecule has 0 atom stereocenters. The molecule has 0 spiro atoms. The van der Waals surface area contributed by atoms with Crippen LogP contribution in [0.2, 0.25) is 0 Å². The quantitative estimate of drug-likeness (QED) is 0.333. The monoisotopic (exact) mass is 397 g/mol. The van der Waals surface area contributed by atoms with Gasteiger partial charge in [0.05, 0.1) is 20.3 Å². The van der Waals surface area contributed by atoms with Crippen LogP contribution in [0.1, 0.15) is 20.9 Å². The summed E-state index contributed by atoms with van der Waals surface area (Å²) in [6.07, 6.45) is 0. The van der Waals surface area contributed by atoms with Gasteiger partial charge in [0.1, 0.15) is 16.2 Å². The molecule has 0 saturated carbocycles. The van der Waals surface area contributed by atoms with E-state index in [1.165, 1.54) is 11.8 Å². The molecule has 0 aliphatic carbocycles. The fourth-order valence-corrected chi connectivity index (χ4v) is 5.13. The van der Waals surface area contributed by atoms with Crippen molar-refractivity contribution in [2.24, 2.45) is 0 Å². The Kier molecular flexibility index (Phi) is 4.84. The van der Waals surface area contributed by atoms with E-state index in [-0.39, 0.29) is 5.78 Å². The molecule has 130 valence electrons. The third-order valence-corrected chi connectivity index (χ3v) is 6.67. The maximum atomic E-state index is 12.4. The number of thiophene rings is 1. The Morgan fingerprint density at radius 3 is 2.65 bits per heavy atom. The van der Waals surface area contributed by atoms with Crippen molar-refractivity contribution in [3.63, 3.8) is 0 Å². The van der Waals surface area contributed by atoms with Crippen molar-refractivity contribution in [1.82, 2.24) is 15.2 Å². The first-order valence-electron chi connectivity index (χ1n) is 8.02. The molecular formula is C19H15N3OS3. The first-order valence-corrected chi connectivity index (χ1v) is 10.7. The lowest BCUT2D eigenvalue weighted by Crippen LogP contribution is -2.03. The van der Waals surface area contributed by atoms with Gasteiger partial charge in [-0.25, -0.2) is 4.98 Å². The van der Waals surface area contributed by atoms with E-state index in [1.807, 2.05) is 55.6 Å². The van der Waals surface area contributed by atoms with Gasteiger partial charge in [0, 0.05) is 5.56 Å². The molecule has 4 nitrogen and oxygen atoms in total. The molecule has 4 aromatic rings. The minimum absolute atomic E-state index is 0.0826. The normalized spacial score (nSPS) is 11.2. The Morgan fingerprint density at radius 1 is 1.12 bits per heavy atom. The Morgan fingerprint density at radius 2 is 1.92 bits per heavy atom. The predicted molar refractivity (Wildman–Crippen MR) is 109 cm³/mol. The molecule has 0 amide bonds. The van der Waals surface area contributed by atoms with Gasteiger partial charge in [-0.1, -0.05) is 47.7 Å². The predicted octanol–water partition coefficient (Wildman–Crippen LogP) is 5.41. The number of thioether (sulfide) groups is 1. The van der Waals surface area contributed by atoms with Crippen molar-refractivity contribution in [2.75, 3.05) is 5.75 Å². The van der Waals surface area contributed by atoms with Gasteiger partial charge in [0.2, 0.25) is 0 Å². The number of aromatic nitrogens is 3. The highest BCUT2D eigenvalue weighted by atomic mass is 32.2. The van der Waals surface area contributed by atoms with Crippen LogP contribution in [-0.4, -0.2) is 26.7 Å². The zero-order valence-electron chi connectivity index (χ0n) is 14.2. The van der Waals surface area contributed by atoms with E-state index in [9.17, 15) is 4.79 Å². The maximum Gasteiger partial charge on any atom is 0.173 e. The van der Waals surface area contributed by atoms with Crippen LogP contribution in [0.25, 0.3) is 20.8 Å². The first kappa shape index (κ1) is 17.3. The fourth-order valence-electron chi connectivity index (χ4n) is 2.55. The molecule has 3 heterocycles. The highest BCUT2D eigenvalue weighted by Gasteiger charge is 2.17. The van der Waals surface area contributed by atoms with Crippen LogP contribution in [-0.2, 0) is 0 Å².